The minimum absolute atomic E-state index is 0.0231. The van der Waals surface area contributed by atoms with Crippen molar-refractivity contribution in [3.8, 4) is 11.3 Å². The molecule has 1 fully saturated rings. The zero-order valence-electron chi connectivity index (χ0n) is 19.2. The van der Waals surface area contributed by atoms with E-state index >= 15 is 0 Å². The quantitative estimate of drug-likeness (QED) is 0.480. The SMILES string of the molecule is Cc1ncc(-c2n[nH]c3cc4c(cc23)CN([C@H]2CCCN(Cc3ccccc3)C2)C(=O)N4)cn1. The molecule has 34 heavy (non-hydrogen) atoms. The van der Waals surface area contributed by atoms with Crippen LogP contribution in [0.5, 0.6) is 0 Å². The van der Waals surface area contributed by atoms with Crippen molar-refractivity contribution < 1.29 is 4.79 Å². The van der Waals surface area contributed by atoms with Crippen molar-refractivity contribution >= 4 is 22.6 Å². The number of piperidine rings is 1. The number of carbonyl (C=O) groups excluding carboxylic acids is 1. The zero-order chi connectivity index (χ0) is 23.1. The van der Waals surface area contributed by atoms with Gasteiger partial charge in [0.15, 0.2) is 0 Å². The third-order valence-electron chi connectivity index (χ3n) is 6.85. The summed E-state index contributed by atoms with van der Waals surface area (Å²) >= 11 is 0. The van der Waals surface area contributed by atoms with Crippen LogP contribution in [0.4, 0.5) is 10.5 Å². The van der Waals surface area contributed by atoms with Gasteiger partial charge in [-0.15, -0.1) is 0 Å². The van der Waals surface area contributed by atoms with Gasteiger partial charge in [-0.2, -0.15) is 5.10 Å². The first kappa shape index (κ1) is 20.8. The van der Waals surface area contributed by atoms with Crippen LogP contribution < -0.4 is 5.32 Å². The third-order valence-corrected chi connectivity index (χ3v) is 6.85. The first-order chi connectivity index (χ1) is 16.6. The molecular formula is C26H27N7O. The van der Waals surface area contributed by atoms with E-state index in [0.717, 1.165) is 71.7 Å². The Labute approximate surface area is 198 Å². The average Bonchev–Trinajstić information content (AvgIpc) is 3.26. The number of carbonyl (C=O) groups is 1. The van der Waals surface area contributed by atoms with Gasteiger partial charge in [-0.1, -0.05) is 30.3 Å². The highest BCUT2D eigenvalue weighted by Crippen LogP contribution is 2.34. The Morgan fingerprint density at radius 3 is 2.76 bits per heavy atom. The fraction of sp³-hybridized carbons (Fsp3) is 0.308. The molecule has 2 aliphatic rings. The normalized spacial score (nSPS) is 18.7. The third kappa shape index (κ3) is 3.90. The van der Waals surface area contributed by atoms with Gasteiger partial charge < -0.3 is 10.2 Å². The molecule has 4 heterocycles. The van der Waals surface area contributed by atoms with Gasteiger partial charge in [-0.05, 0) is 49.6 Å². The lowest BCUT2D eigenvalue weighted by atomic mass is 9.99. The average molecular weight is 454 g/mol. The number of benzene rings is 2. The Morgan fingerprint density at radius 2 is 1.94 bits per heavy atom. The maximum absolute atomic E-state index is 13.1. The number of nitrogens with zero attached hydrogens (tertiary/aromatic N) is 5. The van der Waals surface area contributed by atoms with Gasteiger partial charge in [0.2, 0.25) is 0 Å². The van der Waals surface area contributed by atoms with Gasteiger partial charge in [0.1, 0.15) is 11.5 Å². The summed E-state index contributed by atoms with van der Waals surface area (Å²) in [6, 6.07) is 14.8. The van der Waals surface area contributed by atoms with Crippen molar-refractivity contribution in [2.45, 2.75) is 38.9 Å². The lowest BCUT2D eigenvalue weighted by molar-refractivity contribution is 0.108. The van der Waals surface area contributed by atoms with Crippen LogP contribution in [0.15, 0.2) is 54.9 Å². The number of rotatable bonds is 4. The lowest BCUT2D eigenvalue weighted by Gasteiger charge is -2.41. The molecule has 8 heteroatoms. The molecule has 0 radical (unpaired) electrons. The molecule has 0 aliphatic carbocycles. The summed E-state index contributed by atoms with van der Waals surface area (Å²) in [6.45, 7) is 5.33. The number of hydrogen-bond acceptors (Lipinski definition) is 5. The van der Waals surface area contributed by atoms with E-state index in [2.05, 4.69) is 60.7 Å². The molecule has 1 atom stereocenters. The van der Waals surface area contributed by atoms with Crippen LogP contribution >= 0.6 is 0 Å². The fourth-order valence-electron chi connectivity index (χ4n) is 5.10. The number of anilines is 1. The minimum atomic E-state index is -0.0231. The van der Waals surface area contributed by atoms with Crippen molar-refractivity contribution in [1.29, 1.82) is 0 Å². The van der Waals surface area contributed by atoms with Gasteiger partial charge in [0.05, 0.1) is 5.52 Å². The number of likely N-dealkylation sites (tertiary alicyclic amines) is 1. The molecule has 6 rings (SSSR count). The van der Waals surface area contributed by atoms with Crippen molar-refractivity contribution in [2.24, 2.45) is 0 Å². The van der Waals surface area contributed by atoms with Gasteiger partial charge in [0.25, 0.3) is 0 Å². The molecule has 4 aromatic rings. The van der Waals surface area contributed by atoms with Crippen LogP contribution in [0.2, 0.25) is 0 Å². The summed E-state index contributed by atoms with van der Waals surface area (Å²) < 4.78 is 0. The fourth-order valence-corrected chi connectivity index (χ4v) is 5.10. The lowest BCUT2D eigenvalue weighted by Crippen LogP contribution is -2.52. The number of aromatic amines is 1. The van der Waals surface area contributed by atoms with Gasteiger partial charge in [-0.3, -0.25) is 10.00 Å². The van der Waals surface area contributed by atoms with E-state index < -0.39 is 0 Å². The second-order valence-corrected chi connectivity index (χ2v) is 9.22. The Bertz CT molecular complexity index is 1330. The standard InChI is InChI=1S/C26H27N7O/c1-17-27-12-20(13-28-17)25-22-10-19-15-33(26(34)29-23(19)11-24(22)30-31-25)21-8-5-9-32(16-21)14-18-6-3-2-4-7-18/h2-4,6-7,10-13,21H,5,8-9,14-16H2,1H3,(H,29,34)(H,30,31)/t21-/m0/s1. The van der Waals surface area contributed by atoms with Gasteiger partial charge in [-0.25, -0.2) is 14.8 Å². The van der Waals surface area contributed by atoms with Crippen LogP contribution in [0.25, 0.3) is 22.2 Å². The van der Waals surface area contributed by atoms with Crippen molar-refractivity contribution in [2.75, 3.05) is 18.4 Å². The molecule has 2 aliphatic heterocycles. The molecule has 2 amide bonds. The van der Waals surface area contributed by atoms with Crippen LogP contribution in [-0.4, -0.2) is 55.1 Å². The van der Waals surface area contributed by atoms with E-state index in [1.807, 2.05) is 24.0 Å². The van der Waals surface area contributed by atoms with E-state index in [0.29, 0.717) is 6.54 Å². The molecule has 1 saturated heterocycles. The Balaban J connectivity index is 1.25. The van der Waals surface area contributed by atoms with Crippen molar-refractivity contribution in [3.05, 3.63) is 71.8 Å². The molecular weight excluding hydrogens is 426 g/mol. The molecule has 172 valence electrons. The molecule has 0 saturated carbocycles. The Hall–Kier alpha value is -3.78. The van der Waals surface area contributed by atoms with Gasteiger partial charge >= 0.3 is 6.03 Å². The minimum Gasteiger partial charge on any atom is -0.316 e. The summed E-state index contributed by atoms with van der Waals surface area (Å²) in [4.78, 5) is 26.2. The zero-order valence-corrected chi connectivity index (χ0v) is 19.2. The number of H-pyrrole nitrogens is 1. The van der Waals surface area contributed by atoms with E-state index in [-0.39, 0.29) is 12.1 Å². The summed E-state index contributed by atoms with van der Waals surface area (Å²) in [6.07, 6.45) is 5.71. The highest BCUT2D eigenvalue weighted by Gasteiger charge is 2.32. The Kier molecular flexibility index (Phi) is 5.22. The maximum Gasteiger partial charge on any atom is 0.322 e. The van der Waals surface area contributed by atoms with E-state index in [9.17, 15) is 4.79 Å². The number of urea groups is 1. The van der Waals surface area contributed by atoms with Crippen LogP contribution in [0.1, 0.15) is 29.8 Å². The van der Waals surface area contributed by atoms with E-state index in [1.165, 1.54) is 5.56 Å². The van der Waals surface area contributed by atoms with E-state index in [1.54, 1.807) is 12.4 Å². The topological polar surface area (TPSA) is 90.0 Å². The van der Waals surface area contributed by atoms with Crippen molar-refractivity contribution in [1.82, 2.24) is 30.0 Å². The first-order valence-electron chi connectivity index (χ1n) is 11.8. The van der Waals surface area contributed by atoms with Crippen molar-refractivity contribution in [3.63, 3.8) is 0 Å². The second kappa shape index (κ2) is 8.53. The first-order valence-corrected chi connectivity index (χ1v) is 11.8. The predicted octanol–water partition coefficient (Wildman–Crippen LogP) is 4.34. The number of fused-ring (bicyclic) bond motifs is 2. The molecule has 8 nitrogen and oxygen atoms in total. The molecule has 2 aromatic heterocycles. The highest BCUT2D eigenvalue weighted by atomic mass is 16.2. The van der Waals surface area contributed by atoms with Crippen LogP contribution in [-0.2, 0) is 13.1 Å². The number of hydrogen-bond donors (Lipinski definition) is 2. The number of aromatic nitrogens is 4. The summed E-state index contributed by atoms with van der Waals surface area (Å²) in [5.41, 5.74) is 5.84. The predicted molar refractivity (Wildman–Crippen MR) is 131 cm³/mol. The molecule has 0 unspecified atom stereocenters. The van der Waals surface area contributed by atoms with Gasteiger partial charge in [0, 0.05) is 54.7 Å². The number of aryl methyl sites for hydroxylation is 1. The number of amides is 2. The highest BCUT2D eigenvalue weighted by molar-refractivity contribution is 6.00. The maximum atomic E-state index is 13.1. The monoisotopic (exact) mass is 453 g/mol. The summed E-state index contributed by atoms with van der Waals surface area (Å²) in [5, 5.41) is 11.7. The molecule has 0 spiro atoms. The molecule has 0 bridgehead atoms. The summed E-state index contributed by atoms with van der Waals surface area (Å²) in [5.74, 6) is 0.730. The number of nitrogens with one attached hydrogen (secondary N) is 2. The smallest absolute Gasteiger partial charge is 0.316 e. The Morgan fingerprint density at radius 1 is 1.12 bits per heavy atom. The van der Waals surface area contributed by atoms with Crippen LogP contribution in [0.3, 0.4) is 0 Å². The second-order valence-electron chi connectivity index (χ2n) is 9.22. The largest absolute Gasteiger partial charge is 0.322 e. The molecule has 2 N–H and O–H groups in total. The molecule has 2 aromatic carbocycles. The summed E-state index contributed by atoms with van der Waals surface area (Å²) in [7, 11) is 0. The van der Waals surface area contributed by atoms with E-state index in [4.69, 9.17) is 0 Å². The van der Waals surface area contributed by atoms with Crippen LogP contribution in [0, 0.1) is 6.92 Å².